The molecule has 2 aliphatic rings. The number of β-lactam (4-membered cyclic amide) rings is 1. The standard InChI is InChI=1S/C15H17NO4SSe/c1-15(2)14(16-12(18)8-13(16)21(15,19)20)11(9-17)22-10-6-4-3-5-7-10/h3-7,9,11,13-14H,8H2,1-2H3/t11?,13-,14+/m1/s1. The van der Waals surface area contributed by atoms with Crippen LogP contribution >= 0.6 is 0 Å². The first-order chi connectivity index (χ1) is 10.3. The third-order valence-electron chi connectivity index (χ3n) is 4.51. The Morgan fingerprint density at radius 2 is 1.95 bits per heavy atom. The van der Waals surface area contributed by atoms with E-state index in [0.29, 0.717) is 0 Å². The van der Waals surface area contributed by atoms with Crippen LogP contribution in [0.15, 0.2) is 30.3 Å². The van der Waals surface area contributed by atoms with Crippen LogP contribution in [0, 0.1) is 0 Å². The molecule has 2 aliphatic heterocycles. The van der Waals surface area contributed by atoms with Crippen LogP contribution in [0.3, 0.4) is 0 Å². The maximum absolute atomic E-state index is 12.6. The molecule has 2 fully saturated rings. The van der Waals surface area contributed by atoms with Crippen molar-refractivity contribution in [2.24, 2.45) is 0 Å². The molecule has 0 bridgehead atoms. The van der Waals surface area contributed by atoms with Gasteiger partial charge in [0.2, 0.25) is 0 Å². The molecule has 22 heavy (non-hydrogen) atoms. The average Bonchev–Trinajstić information content (AvgIpc) is 2.60. The van der Waals surface area contributed by atoms with Crippen molar-refractivity contribution in [3.8, 4) is 0 Å². The van der Waals surface area contributed by atoms with Crippen LogP contribution in [0.2, 0.25) is 4.82 Å². The molecule has 0 aromatic heterocycles. The summed E-state index contributed by atoms with van der Waals surface area (Å²) in [5, 5.41) is -0.742. The quantitative estimate of drug-likeness (QED) is 0.419. The van der Waals surface area contributed by atoms with E-state index in [2.05, 4.69) is 0 Å². The third kappa shape index (κ3) is 2.07. The Labute approximate surface area is 136 Å². The topological polar surface area (TPSA) is 71.5 Å². The molecule has 3 atom stereocenters. The van der Waals surface area contributed by atoms with E-state index >= 15 is 0 Å². The van der Waals surface area contributed by atoms with E-state index in [1.807, 2.05) is 30.3 Å². The number of rotatable bonds is 4. The zero-order chi connectivity index (χ0) is 16.1. The molecule has 0 radical (unpaired) electrons. The molecule has 2 heterocycles. The number of carbonyl (C=O) groups excluding carboxylic acids is 2. The molecule has 3 rings (SSSR count). The predicted molar refractivity (Wildman–Crippen MR) is 83.7 cm³/mol. The van der Waals surface area contributed by atoms with Gasteiger partial charge in [-0.05, 0) is 0 Å². The van der Waals surface area contributed by atoms with Crippen molar-refractivity contribution in [2.75, 3.05) is 0 Å². The maximum atomic E-state index is 12.6. The van der Waals surface area contributed by atoms with Crippen LogP contribution in [0.1, 0.15) is 20.3 Å². The van der Waals surface area contributed by atoms with Gasteiger partial charge in [0.15, 0.2) is 0 Å². The number of carbonyl (C=O) groups is 2. The van der Waals surface area contributed by atoms with Gasteiger partial charge in [0, 0.05) is 0 Å². The van der Waals surface area contributed by atoms with Crippen molar-refractivity contribution in [2.45, 2.75) is 41.2 Å². The summed E-state index contributed by atoms with van der Waals surface area (Å²) in [5.74, 6) is -0.167. The number of aldehydes is 1. The normalized spacial score (nSPS) is 29.5. The molecule has 2 saturated heterocycles. The summed E-state index contributed by atoms with van der Waals surface area (Å²) < 4.78 is 25.1. The van der Waals surface area contributed by atoms with Gasteiger partial charge in [-0.3, -0.25) is 0 Å². The van der Waals surface area contributed by atoms with Crippen LogP contribution in [0.4, 0.5) is 0 Å². The SMILES string of the molecule is CC1(C)[C@H](C(C=O)[Se]c2ccccc2)N2C(=O)C[C@H]2S1(=O)=O. The molecule has 0 N–H and O–H groups in total. The van der Waals surface area contributed by atoms with Crippen molar-refractivity contribution in [3.05, 3.63) is 30.3 Å². The molecule has 1 unspecified atom stereocenters. The minimum absolute atomic E-state index is 0.0478. The fourth-order valence-electron chi connectivity index (χ4n) is 3.23. The fraction of sp³-hybridized carbons (Fsp3) is 0.467. The molecule has 1 aromatic rings. The molecular weight excluding hydrogens is 369 g/mol. The zero-order valence-electron chi connectivity index (χ0n) is 12.3. The van der Waals surface area contributed by atoms with Gasteiger partial charge in [0.1, 0.15) is 0 Å². The van der Waals surface area contributed by atoms with Crippen LogP contribution in [0.25, 0.3) is 0 Å². The Kier molecular flexibility index (Phi) is 3.70. The second-order valence-corrected chi connectivity index (χ2v) is 11.4. The average molecular weight is 386 g/mol. The number of nitrogens with zero attached hydrogens (tertiary/aromatic N) is 1. The van der Waals surface area contributed by atoms with Crippen molar-refractivity contribution >= 4 is 41.4 Å². The van der Waals surface area contributed by atoms with Crippen LogP contribution in [0.5, 0.6) is 0 Å². The number of amides is 1. The predicted octanol–water partition coefficient (Wildman–Crippen LogP) is 0.137. The van der Waals surface area contributed by atoms with Crippen LogP contribution in [-0.2, 0) is 19.4 Å². The molecule has 5 nitrogen and oxygen atoms in total. The summed E-state index contributed by atoms with van der Waals surface area (Å²) in [6, 6.07) is 8.99. The van der Waals surface area contributed by atoms with Crippen LogP contribution < -0.4 is 4.46 Å². The van der Waals surface area contributed by atoms with Gasteiger partial charge in [0.05, 0.1) is 0 Å². The van der Waals surface area contributed by atoms with E-state index in [1.54, 1.807) is 13.8 Å². The van der Waals surface area contributed by atoms with Gasteiger partial charge >= 0.3 is 136 Å². The summed E-state index contributed by atoms with van der Waals surface area (Å²) in [7, 11) is -3.44. The third-order valence-corrected chi connectivity index (χ3v) is 9.82. The van der Waals surface area contributed by atoms with Gasteiger partial charge in [-0.15, -0.1) is 0 Å². The summed E-state index contributed by atoms with van der Waals surface area (Å²) in [6.45, 7) is 3.27. The van der Waals surface area contributed by atoms with Gasteiger partial charge in [-0.25, -0.2) is 0 Å². The monoisotopic (exact) mass is 387 g/mol. The Morgan fingerprint density at radius 1 is 1.32 bits per heavy atom. The molecule has 0 aliphatic carbocycles. The van der Waals surface area contributed by atoms with Gasteiger partial charge in [-0.1, -0.05) is 0 Å². The Hall–Kier alpha value is -1.17. The number of hydrogen-bond donors (Lipinski definition) is 0. The number of fused-ring (bicyclic) bond motifs is 1. The zero-order valence-corrected chi connectivity index (χ0v) is 14.8. The molecule has 0 saturated carbocycles. The first kappa shape index (κ1) is 15.7. The summed E-state index contributed by atoms with van der Waals surface area (Å²) in [4.78, 5) is 24.6. The van der Waals surface area contributed by atoms with Gasteiger partial charge in [0.25, 0.3) is 0 Å². The van der Waals surface area contributed by atoms with E-state index in [1.165, 1.54) is 4.90 Å². The number of sulfone groups is 1. The van der Waals surface area contributed by atoms with Gasteiger partial charge in [-0.2, -0.15) is 0 Å². The summed E-state index contributed by atoms with van der Waals surface area (Å²) in [6.07, 6.45) is 0.870. The minimum atomic E-state index is -3.44. The molecule has 1 amide bonds. The summed E-state index contributed by atoms with van der Waals surface area (Å²) >= 11 is -0.217. The Balaban J connectivity index is 1.97. The van der Waals surface area contributed by atoms with E-state index in [4.69, 9.17) is 0 Å². The molecule has 118 valence electrons. The van der Waals surface area contributed by atoms with E-state index in [0.717, 1.165) is 10.7 Å². The van der Waals surface area contributed by atoms with Crippen molar-refractivity contribution in [3.63, 3.8) is 0 Å². The molecular formula is C15H17NO4SSe. The van der Waals surface area contributed by atoms with Crippen molar-refractivity contribution in [1.82, 2.24) is 4.90 Å². The molecule has 7 heteroatoms. The second kappa shape index (κ2) is 5.18. The Morgan fingerprint density at radius 3 is 2.50 bits per heavy atom. The van der Waals surface area contributed by atoms with Gasteiger partial charge < -0.3 is 0 Å². The van der Waals surface area contributed by atoms with E-state index in [-0.39, 0.29) is 27.3 Å². The first-order valence-corrected chi connectivity index (χ1v) is 10.4. The molecule has 0 spiro atoms. The first-order valence-electron chi connectivity index (χ1n) is 7.02. The van der Waals surface area contributed by atoms with E-state index in [9.17, 15) is 18.0 Å². The van der Waals surface area contributed by atoms with Crippen molar-refractivity contribution in [1.29, 1.82) is 0 Å². The van der Waals surface area contributed by atoms with Crippen molar-refractivity contribution < 1.29 is 18.0 Å². The summed E-state index contributed by atoms with van der Waals surface area (Å²) in [5.41, 5.74) is 0. The van der Waals surface area contributed by atoms with E-state index < -0.39 is 30.8 Å². The van der Waals surface area contributed by atoms with Crippen LogP contribution in [-0.4, -0.2) is 56.6 Å². The number of hydrogen-bond acceptors (Lipinski definition) is 4. The second-order valence-electron chi connectivity index (χ2n) is 6.08. The number of benzene rings is 1. The molecule has 1 aromatic carbocycles. The fourth-order valence-corrected chi connectivity index (χ4v) is 8.32. The Bertz CT molecular complexity index is 716.